The summed E-state index contributed by atoms with van der Waals surface area (Å²) in [5, 5.41) is 13.7. The molecule has 8 heteroatoms. The smallest absolute Gasteiger partial charge is 0.344 e. The second-order valence-electron chi connectivity index (χ2n) is 6.53. The van der Waals surface area contributed by atoms with Gasteiger partial charge in [-0.25, -0.2) is 4.79 Å². The predicted octanol–water partition coefficient (Wildman–Crippen LogP) is 4.06. The van der Waals surface area contributed by atoms with Gasteiger partial charge >= 0.3 is 11.7 Å². The molecule has 0 radical (unpaired) electrons. The van der Waals surface area contributed by atoms with Crippen LogP contribution >= 0.6 is 0 Å². The molecule has 0 aliphatic rings. The summed E-state index contributed by atoms with van der Waals surface area (Å²) in [6.45, 7) is 5.02. The normalized spacial score (nSPS) is 12.5. The summed E-state index contributed by atoms with van der Waals surface area (Å²) in [6.07, 6.45) is -0.137. The van der Waals surface area contributed by atoms with Crippen molar-refractivity contribution in [2.45, 2.75) is 39.2 Å². The first-order valence-electron chi connectivity index (χ1n) is 9.29. The fraction of sp³-hybridized carbons (Fsp3) is 0.333. The van der Waals surface area contributed by atoms with E-state index in [1.54, 1.807) is 12.1 Å². The number of benzene rings is 2. The highest BCUT2D eigenvalue weighted by atomic mass is 16.6. The second-order valence-corrected chi connectivity index (χ2v) is 6.53. The number of ether oxygens (including phenoxy) is 2. The van der Waals surface area contributed by atoms with Crippen molar-refractivity contribution in [2.75, 3.05) is 11.9 Å². The van der Waals surface area contributed by atoms with Gasteiger partial charge in [0.1, 0.15) is 0 Å². The van der Waals surface area contributed by atoms with Crippen LogP contribution in [0.4, 0.5) is 11.4 Å². The number of hydrogen-bond acceptors (Lipinski definition) is 6. The number of para-hydroxylation sites is 3. The van der Waals surface area contributed by atoms with Gasteiger partial charge in [0.25, 0.3) is 5.91 Å². The molecule has 2 rings (SSSR count). The van der Waals surface area contributed by atoms with Crippen LogP contribution in [-0.2, 0) is 14.3 Å². The van der Waals surface area contributed by atoms with Gasteiger partial charge in [-0.05, 0) is 37.0 Å². The molecule has 0 aromatic heterocycles. The summed E-state index contributed by atoms with van der Waals surface area (Å²) < 4.78 is 10.3. The third-order valence-corrected chi connectivity index (χ3v) is 4.45. The van der Waals surface area contributed by atoms with Gasteiger partial charge in [-0.2, -0.15) is 0 Å². The maximum atomic E-state index is 12.4. The lowest BCUT2D eigenvalue weighted by atomic mass is 9.97. The van der Waals surface area contributed by atoms with Crippen LogP contribution in [0, 0.1) is 10.1 Å². The number of nitro groups is 1. The fourth-order valence-electron chi connectivity index (χ4n) is 2.65. The summed E-state index contributed by atoms with van der Waals surface area (Å²) in [4.78, 5) is 34.8. The third-order valence-electron chi connectivity index (χ3n) is 4.45. The molecule has 154 valence electrons. The molecule has 29 heavy (non-hydrogen) atoms. The zero-order valence-corrected chi connectivity index (χ0v) is 16.6. The van der Waals surface area contributed by atoms with E-state index in [1.807, 2.05) is 18.2 Å². The molecule has 0 aliphatic heterocycles. The van der Waals surface area contributed by atoms with Gasteiger partial charge in [-0.15, -0.1) is 0 Å². The molecule has 0 bridgehead atoms. The first kappa shape index (κ1) is 21.9. The van der Waals surface area contributed by atoms with E-state index in [4.69, 9.17) is 9.47 Å². The van der Waals surface area contributed by atoms with Gasteiger partial charge in [0.05, 0.1) is 4.92 Å². The van der Waals surface area contributed by atoms with Crippen LogP contribution in [0.2, 0.25) is 0 Å². The van der Waals surface area contributed by atoms with Crippen LogP contribution in [0.15, 0.2) is 48.5 Å². The van der Waals surface area contributed by atoms with E-state index in [0.717, 1.165) is 12.0 Å². The Morgan fingerprint density at radius 2 is 1.76 bits per heavy atom. The Morgan fingerprint density at radius 3 is 2.45 bits per heavy atom. The summed E-state index contributed by atoms with van der Waals surface area (Å²) >= 11 is 0. The van der Waals surface area contributed by atoms with Crippen molar-refractivity contribution in [3.8, 4) is 5.75 Å². The van der Waals surface area contributed by atoms with Gasteiger partial charge in [-0.1, -0.05) is 44.2 Å². The molecule has 0 saturated heterocycles. The van der Waals surface area contributed by atoms with Crippen LogP contribution in [0.25, 0.3) is 0 Å². The number of amides is 1. The van der Waals surface area contributed by atoms with E-state index >= 15 is 0 Å². The highest BCUT2D eigenvalue weighted by molar-refractivity contribution is 5.95. The Morgan fingerprint density at radius 1 is 1.10 bits per heavy atom. The predicted molar refractivity (Wildman–Crippen MR) is 108 cm³/mol. The summed E-state index contributed by atoms with van der Waals surface area (Å²) in [5.41, 5.74) is 1.42. The van der Waals surface area contributed by atoms with E-state index in [-0.39, 0.29) is 17.4 Å². The van der Waals surface area contributed by atoms with Gasteiger partial charge in [-0.3, -0.25) is 14.9 Å². The largest absolute Gasteiger partial charge is 0.475 e. The molecule has 0 heterocycles. The van der Waals surface area contributed by atoms with Crippen LogP contribution in [0.5, 0.6) is 5.75 Å². The number of rotatable bonds is 9. The minimum atomic E-state index is -1.05. The van der Waals surface area contributed by atoms with Crippen molar-refractivity contribution < 1.29 is 24.0 Å². The molecule has 1 amide bonds. The number of carbonyl (C=O) groups excluding carboxylic acids is 2. The van der Waals surface area contributed by atoms with Crippen molar-refractivity contribution in [3.05, 3.63) is 64.2 Å². The molecule has 2 aromatic rings. The lowest BCUT2D eigenvalue weighted by Crippen LogP contribution is -2.32. The quantitative estimate of drug-likeness (QED) is 0.386. The lowest BCUT2D eigenvalue weighted by Gasteiger charge is -2.18. The first-order chi connectivity index (χ1) is 13.8. The van der Waals surface area contributed by atoms with E-state index in [2.05, 4.69) is 19.2 Å². The molecule has 2 atom stereocenters. The number of anilines is 1. The standard InChI is InChI=1S/C21H24N2O6/c1-4-14(2)16-9-5-6-10-17(16)22-21(25)15(3)29-20(24)13-28-19-12-8-7-11-18(19)23(26)27/h5-12,14-15H,4,13H2,1-3H3,(H,22,25)/t14-,15-/m0/s1. The topological polar surface area (TPSA) is 108 Å². The van der Waals surface area contributed by atoms with Gasteiger partial charge in [0.15, 0.2) is 18.5 Å². The number of nitrogens with one attached hydrogen (secondary N) is 1. The molecular weight excluding hydrogens is 376 g/mol. The van der Waals surface area contributed by atoms with Gasteiger partial charge < -0.3 is 14.8 Å². The molecule has 0 aliphatic carbocycles. The van der Waals surface area contributed by atoms with Crippen molar-refractivity contribution in [1.82, 2.24) is 0 Å². The first-order valence-corrected chi connectivity index (χ1v) is 9.29. The van der Waals surface area contributed by atoms with E-state index < -0.39 is 29.5 Å². The van der Waals surface area contributed by atoms with E-state index in [1.165, 1.54) is 25.1 Å². The summed E-state index contributed by atoms with van der Waals surface area (Å²) in [7, 11) is 0. The molecule has 0 unspecified atom stereocenters. The molecular formula is C21H24N2O6. The average Bonchev–Trinajstić information content (AvgIpc) is 2.72. The number of esters is 1. The third kappa shape index (κ3) is 6.03. The Bertz CT molecular complexity index is 883. The molecule has 2 aromatic carbocycles. The Kier molecular flexibility index (Phi) is 7.70. The van der Waals surface area contributed by atoms with Crippen molar-refractivity contribution in [1.29, 1.82) is 0 Å². The highest BCUT2D eigenvalue weighted by Crippen LogP contribution is 2.27. The highest BCUT2D eigenvalue weighted by Gasteiger charge is 2.21. The number of carbonyl (C=O) groups is 2. The Labute approximate surface area is 169 Å². The van der Waals surface area contributed by atoms with Crippen molar-refractivity contribution >= 4 is 23.3 Å². The minimum absolute atomic E-state index is 0.0472. The minimum Gasteiger partial charge on any atom is -0.475 e. The SMILES string of the molecule is CC[C@H](C)c1ccccc1NC(=O)[C@H](C)OC(=O)COc1ccccc1[N+](=O)[O-]. The second kappa shape index (κ2) is 10.2. The zero-order chi connectivity index (χ0) is 21.4. The monoisotopic (exact) mass is 400 g/mol. The average molecular weight is 400 g/mol. The fourth-order valence-corrected chi connectivity index (χ4v) is 2.65. The lowest BCUT2D eigenvalue weighted by molar-refractivity contribution is -0.385. The van der Waals surface area contributed by atoms with E-state index in [0.29, 0.717) is 5.69 Å². The Balaban J connectivity index is 1.93. The maximum Gasteiger partial charge on any atom is 0.344 e. The van der Waals surface area contributed by atoms with Crippen LogP contribution in [0.3, 0.4) is 0 Å². The van der Waals surface area contributed by atoms with E-state index in [9.17, 15) is 19.7 Å². The number of nitrogens with zero attached hydrogens (tertiary/aromatic N) is 1. The molecule has 0 spiro atoms. The van der Waals surface area contributed by atoms with Crippen LogP contribution in [0.1, 0.15) is 38.7 Å². The summed E-state index contributed by atoms with van der Waals surface area (Å²) in [5.74, 6) is -1.06. The van der Waals surface area contributed by atoms with Crippen LogP contribution < -0.4 is 10.1 Å². The Hall–Kier alpha value is -3.42. The molecule has 8 nitrogen and oxygen atoms in total. The van der Waals surface area contributed by atoms with Gasteiger partial charge in [0, 0.05) is 11.8 Å². The van der Waals surface area contributed by atoms with Crippen molar-refractivity contribution in [3.63, 3.8) is 0 Å². The van der Waals surface area contributed by atoms with Gasteiger partial charge in [0.2, 0.25) is 0 Å². The number of nitro benzene ring substituents is 1. The van der Waals surface area contributed by atoms with Crippen LogP contribution in [-0.4, -0.2) is 29.5 Å². The molecule has 0 fully saturated rings. The molecule has 0 saturated carbocycles. The summed E-state index contributed by atoms with van der Waals surface area (Å²) in [6, 6.07) is 13.2. The zero-order valence-electron chi connectivity index (χ0n) is 16.6. The van der Waals surface area contributed by atoms with Crippen molar-refractivity contribution in [2.24, 2.45) is 0 Å². The maximum absolute atomic E-state index is 12.4. The molecule has 1 N–H and O–H groups in total. The number of hydrogen-bond donors (Lipinski definition) is 1.